The molecule has 3 nitrogen and oxygen atoms in total. The van der Waals surface area contributed by atoms with Crippen molar-refractivity contribution in [3.05, 3.63) is 22.7 Å². The Balaban J connectivity index is 2.21. The van der Waals surface area contributed by atoms with Crippen molar-refractivity contribution in [1.82, 2.24) is 14.5 Å². The summed E-state index contributed by atoms with van der Waals surface area (Å²) in [6, 6.07) is 0. The second-order valence-electron chi connectivity index (χ2n) is 9.62. The highest BCUT2D eigenvalue weighted by Crippen LogP contribution is 2.55. The third kappa shape index (κ3) is 5.38. The summed E-state index contributed by atoms with van der Waals surface area (Å²) in [5.74, 6) is 1.90. The maximum atomic E-state index is 6.20. The van der Waals surface area contributed by atoms with E-state index >= 15 is 0 Å². The number of hydrogen-bond acceptors (Lipinski definition) is 2. The largest absolute Gasteiger partial charge is 0.332 e. The van der Waals surface area contributed by atoms with E-state index in [9.17, 15) is 0 Å². The third-order valence-electron chi connectivity index (χ3n) is 4.26. The van der Waals surface area contributed by atoms with Gasteiger partial charge in [0, 0.05) is 18.1 Å². The van der Waals surface area contributed by atoms with E-state index in [0.29, 0.717) is 11.2 Å². The number of thiol groups is 1. The molecule has 2 rings (SSSR count). The number of fused-ring (bicyclic) bond motifs is 1. The SMILES string of the molecule is Cc1cn(CCCC[SH](C)(C)(C)C)c2nc(Cl)nc(CC(C)C)c12. The van der Waals surface area contributed by atoms with Crippen LogP contribution in [-0.2, 0) is 13.0 Å². The van der Waals surface area contributed by atoms with Gasteiger partial charge in [-0.2, -0.15) is 4.98 Å². The topological polar surface area (TPSA) is 30.7 Å². The quantitative estimate of drug-likeness (QED) is 0.423. The highest BCUT2D eigenvalue weighted by Gasteiger charge is 2.18. The van der Waals surface area contributed by atoms with Gasteiger partial charge in [0.2, 0.25) is 5.28 Å². The molecular weight excluding hydrogens is 338 g/mol. The molecule has 2 aromatic heterocycles. The van der Waals surface area contributed by atoms with Crippen molar-refractivity contribution in [2.75, 3.05) is 30.8 Å². The molecule has 2 aromatic rings. The molecule has 0 unspecified atom stereocenters. The number of rotatable bonds is 7. The molecule has 0 saturated carbocycles. The van der Waals surface area contributed by atoms with Crippen LogP contribution < -0.4 is 0 Å². The first-order chi connectivity index (χ1) is 10.9. The van der Waals surface area contributed by atoms with Crippen LogP contribution >= 0.6 is 20.8 Å². The van der Waals surface area contributed by atoms with Crippen LogP contribution in [0.25, 0.3) is 11.0 Å². The Morgan fingerprint density at radius 2 is 1.79 bits per heavy atom. The van der Waals surface area contributed by atoms with E-state index in [4.69, 9.17) is 11.6 Å². The zero-order valence-corrected chi connectivity index (χ0v) is 18.0. The standard InChI is InChI=1S/C19H34ClN3S/c1-14(2)12-16-17-15(3)13-23(18(17)22-19(20)21-16)10-8-9-11-24(4,5,6)7/h13-14,24H,8-12H2,1-7H3. The van der Waals surface area contributed by atoms with Crippen LogP contribution in [0.5, 0.6) is 0 Å². The fourth-order valence-electron chi connectivity index (χ4n) is 3.17. The van der Waals surface area contributed by atoms with Crippen molar-refractivity contribution in [3.8, 4) is 0 Å². The third-order valence-corrected chi connectivity index (χ3v) is 6.53. The zero-order chi connectivity index (χ0) is 18.1. The maximum Gasteiger partial charge on any atom is 0.224 e. The molecule has 0 amide bonds. The molecule has 0 N–H and O–H groups in total. The molecule has 0 atom stereocenters. The molecule has 0 fully saturated rings. The summed E-state index contributed by atoms with van der Waals surface area (Å²) >= 11 is 6.20. The lowest BCUT2D eigenvalue weighted by Crippen LogP contribution is -2.15. The molecule has 0 spiro atoms. The minimum atomic E-state index is -1.40. The van der Waals surface area contributed by atoms with Crippen LogP contribution in [0, 0.1) is 12.8 Å². The summed E-state index contributed by atoms with van der Waals surface area (Å²) < 4.78 is 2.27. The first-order valence-electron chi connectivity index (χ1n) is 8.94. The average molecular weight is 372 g/mol. The normalized spacial score (nSPS) is 14.3. The smallest absolute Gasteiger partial charge is 0.224 e. The van der Waals surface area contributed by atoms with Crippen LogP contribution in [0.3, 0.4) is 0 Å². The van der Waals surface area contributed by atoms with Gasteiger partial charge in [0.25, 0.3) is 0 Å². The molecule has 2 heterocycles. The summed E-state index contributed by atoms with van der Waals surface area (Å²) in [6.07, 6.45) is 15.4. The van der Waals surface area contributed by atoms with Gasteiger partial charge in [0.05, 0.1) is 5.69 Å². The second-order valence-corrected chi connectivity index (χ2v) is 18.3. The van der Waals surface area contributed by atoms with E-state index in [1.807, 2.05) is 0 Å². The molecule has 0 aliphatic heterocycles. The fraction of sp³-hybridized carbons (Fsp3) is 0.684. The highest BCUT2D eigenvalue weighted by atomic mass is 35.5. The van der Waals surface area contributed by atoms with Crippen LogP contribution in [0.1, 0.15) is 37.9 Å². The first kappa shape index (κ1) is 19.6. The van der Waals surface area contributed by atoms with Gasteiger partial charge in [0.15, 0.2) is 0 Å². The average Bonchev–Trinajstić information content (AvgIpc) is 2.68. The van der Waals surface area contributed by atoms with Crippen LogP contribution in [0.2, 0.25) is 5.28 Å². The Kier molecular flexibility index (Phi) is 5.61. The van der Waals surface area contributed by atoms with Crippen LogP contribution in [-0.4, -0.2) is 45.3 Å². The summed E-state index contributed by atoms with van der Waals surface area (Å²) in [5, 5.41) is 1.57. The first-order valence-corrected chi connectivity index (χ1v) is 13.5. The number of aromatic nitrogens is 3. The Labute approximate surface area is 152 Å². The summed E-state index contributed by atoms with van der Waals surface area (Å²) in [7, 11) is -1.40. The van der Waals surface area contributed by atoms with E-state index in [2.05, 4.69) is 66.5 Å². The lowest BCUT2D eigenvalue weighted by atomic mass is 10.0. The van der Waals surface area contributed by atoms with Crippen molar-refractivity contribution < 1.29 is 0 Å². The van der Waals surface area contributed by atoms with Crippen molar-refractivity contribution in [3.63, 3.8) is 0 Å². The van der Waals surface area contributed by atoms with Gasteiger partial charge in [-0.3, -0.25) is 9.16 Å². The second kappa shape index (κ2) is 6.87. The zero-order valence-electron chi connectivity index (χ0n) is 16.4. The number of aryl methyl sites for hydroxylation is 2. The van der Waals surface area contributed by atoms with Gasteiger partial charge in [-0.15, -0.1) is 0 Å². The maximum absolute atomic E-state index is 6.20. The fourth-order valence-corrected chi connectivity index (χ4v) is 4.84. The molecule has 138 valence electrons. The predicted molar refractivity (Wildman–Crippen MR) is 113 cm³/mol. The van der Waals surface area contributed by atoms with Gasteiger partial charge in [0.1, 0.15) is 5.65 Å². The van der Waals surface area contributed by atoms with Gasteiger partial charge in [-0.05, 0) is 80.0 Å². The highest BCUT2D eigenvalue weighted by molar-refractivity contribution is 8.47. The van der Waals surface area contributed by atoms with Gasteiger partial charge >= 0.3 is 0 Å². The molecule has 24 heavy (non-hydrogen) atoms. The number of hydrogen-bond donors (Lipinski definition) is 1. The van der Waals surface area contributed by atoms with E-state index in [-0.39, 0.29) is 0 Å². The number of halogens is 1. The minimum absolute atomic E-state index is 0.367. The lowest BCUT2D eigenvalue weighted by molar-refractivity contribution is 0.635. The van der Waals surface area contributed by atoms with Gasteiger partial charge < -0.3 is 4.57 Å². The van der Waals surface area contributed by atoms with Crippen molar-refractivity contribution >= 4 is 31.8 Å². The summed E-state index contributed by atoms with van der Waals surface area (Å²) in [5.41, 5.74) is 3.35. The number of unbranched alkanes of at least 4 members (excludes halogenated alkanes) is 1. The molecule has 5 heteroatoms. The molecule has 0 aliphatic rings. The van der Waals surface area contributed by atoms with Crippen molar-refractivity contribution in [2.24, 2.45) is 5.92 Å². The lowest BCUT2D eigenvalue weighted by Gasteiger charge is -2.47. The van der Waals surface area contributed by atoms with E-state index < -0.39 is 9.16 Å². The summed E-state index contributed by atoms with van der Waals surface area (Å²) in [4.78, 5) is 9.03. The van der Waals surface area contributed by atoms with Crippen molar-refractivity contribution in [2.45, 2.75) is 46.6 Å². The molecule has 0 aliphatic carbocycles. The van der Waals surface area contributed by atoms with E-state index in [1.54, 1.807) is 0 Å². The Morgan fingerprint density at radius 1 is 1.12 bits per heavy atom. The number of nitrogens with zero attached hydrogens (tertiary/aromatic N) is 3. The van der Waals surface area contributed by atoms with Crippen LogP contribution in [0.15, 0.2) is 6.20 Å². The molecular formula is C19H34ClN3S. The Morgan fingerprint density at radius 3 is 2.38 bits per heavy atom. The van der Waals surface area contributed by atoms with Gasteiger partial charge in [-0.1, -0.05) is 13.8 Å². The molecule has 0 bridgehead atoms. The molecule has 0 saturated heterocycles. The van der Waals surface area contributed by atoms with Crippen molar-refractivity contribution in [1.29, 1.82) is 0 Å². The minimum Gasteiger partial charge on any atom is -0.332 e. The Hall–Kier alpha value is -0.740. The summed E-state index contributed by atoms with van der Waals surface area (Å²) in [6.45, 7) is 7.59. The molecule has 0 aromatic carbocycles. The monoisotopic (exact) mass is 371 g/mol. The van der Waals surface area contributed by atoms with E-state index in [0.717, 1.165) is 24.3 Å². The van der Waals surface area contributed by atoms with Crippen LogP contribution in [0.4, 0.5) is 0 Å². The van der Waals surface area contributed by atoms with E-state index in [1.165, 1.54) is 29.5 Å². The predicted octanol–water partition coefficient (Wildman–Crippen LogP) is 4.96. The molecule has 0 radical (unpaired) electrons. The van der Waals surface area contributed by atoms with Gasteiger partial charge in [-0.25, -0.2) is 4.98 Å². The Bertz CT molecular complexity index is 716.